The van der Waals surface area contributed by atoms with Crippen molar-refractivity contribution in [3.8, 4) is 11.5 Å². The zero-order chi connectivity index (χ0) is 19.0. The molecule has 0 radical (unpaired) electrons. The Morgan fingerprint density at radius 2 is 1.81 bits per heavy atom. The van der Waals surface area contributed by atoms with Crippen molar-refractivity contribution in [2.24, 2.45) is 0 Å². The third kappa shape index (κ3) is 3.52. The van der Waals surface area contributed by atoms with E-state index in [1.807, 2.05) is 0 Å². The number of fused-ring (bicyclic) bond motifs is 1. The van der Waals surface area contributed by atoms with Crippen molar-refractivity contribution in [3.05, 3.63) is 82.1 Å². The smallest absolute Gasteiger partial charge is 0.255 e. The molecule has 0 saturated carbocycles. The lowest BCUT2D eigenvalue weighted by atomic mass is 10.2. The highest BCUT2D eigenvalue weighted by Gasteiger charge is 2.14. The maximum absolute atomic E-state index is 13.9. The van der Waals surface area contributed by atoms with Gasteiger partial charge >= 0.3 is 0 Å². The molecule has 4 rings (SSSR count). The average Bonchev–Trinajstić information content (AvgIpc) is 3.07. The number of carbonyl (C=O) groups excluding carboxylic acids is 1. The van der Waals surface area contributed by atoms with Gasteiger partial charge in [0.1, 0.15) is 11.3 Å². The molecule has 0 fully saturated rings. The minimum absolute atomic E-state index is 0.177. The van der Waals surface area contributed by atoms with Gasteiger partial charge in [-0.3, -0.25) is 4.79 Å². The summed E-state index contributed by atoms with van der Waals surface area (Å²) in [5.74, 6) is -0.584. The first-order valence-corrected chi connectivity index (χ1v) is 8.69. The van der Waals surface area contributed by atoms with Gasteiger partial charge in [-0.25, -0.2) is 9.37 Å². The predicted octanol–water partition coefficient (Wildman–Crippen LogP) is 6.19. The molecule has 0 saturated heterocycles. The number of benzene rings is 3. The molecule has 0 aliphatic heterocycles. The highest BCUT2D eigenvalue weighted by atomic mass is 35.5. The molecule has 0 aliphatic carbocycles. The fourth-order valence-electron chi connectivity index (χ4n) is 2.60. The Bertz CT molecular complexity index is 1170. The molecular weight excluding hydrogens is 390 g/mol. The van der Waals surface area contributed by atoms with E-state index in [1.165, 1.54) is 12.1 Å². The van der Waals surface area contributed by atoms with E-state index in [-0.39, 0.29) is 17.4 Å². The largest absolute Gasteiger partial charge is 0.436 e. The first kappa shape index (κ1) is 17.5. The maximum atomic E-state index is 13.9. The number of carbonyl (C=O) groups is 1. The van der Waals surface area contributed by atoms with Crippen LogP contribution in [-0.2, 0) is 0 Å². The Kier molecular flexibility index (Phi) is 4.56. The number of anilines is 1. The summed E-state index contributed by atoms with van der Waals surface area (Å²) in [5, 5.41) is 3.43. The van der Waals surface area contributed by atoms with Crippen LogP contribution in [0.3, 0.4) is 0 Å². The number of hydrogen-bond acceptors (Lipinski definition) is 3. The summed E-state index contributed by atoms with van der Waals surface area (Å²) in [5.41, 5.74) is 2.15. The minimum atomic E-state index is -0.419. The van der Waals surface area contributed by atoms with Crippen LogP contribution in [0.5, 0.6) is 0 Å². The second-order valence-electron chi connectivity index (χ2n) is 5.76. The van der Waals surface area contributed by atoms with Crippen molar-refractivity contribution in [1.29, 1.82) is 0 Å². The number of halogens is 3. The summed E-state index contributed by atoms with van der Waals surface area (Å²) in [6.07, 6.45) is 0. The normalized spacial score (nSPS) is 10.9. The van der Waals surface area contributed by atoms with Crippen molar-refractivity contribution in [3.63, 3.8) is 0 Å². The van der Waals surface area contributed by atoms with Gasteiger partial charge < -0.3 is 9.73 Å². The summed E-state index contributed by atoms with van der Waals surface area (Å²) in [7, 11) is 0. The monoisotopic (exact) mass is 400 g/mol. The Balaban J connectivity index is 1.62. The van der Waals surface area contributed by atoms with Gasteiger partial charge in [0.2, 0.25) is 5.89 Å². The number of hydrogen-bond donors (Lipinski definition) is 1. The lowest BCUT2D eigenvalue weighted by molar-refractivity contribution is 0.102. The molecule has 0 aliphatic rings. The Morgan fingerprint density at radius 3 is 2.59 bits per heavy atom. The van der Waals surface area contributed by atoms with E-state index in [0.717, 1.165) is 0 Å². The number of amides is 1. The Labute approximate surface area is 163 Å². The number of oxazole rings is 1. The lowest BCUT2D eigenvalue weighted by Gasteiger charge is -2.06. The first-order chi connectivity index (χ1) is 13.0. The van der Waals surface area contributed by atoms with Crippen molar-refractivity contribution in [1.82, 2.24) is 4.98 Å². The zero-order valence-electron chi connectivity index (χ0n) is 13.7. The molecule has 0 bridgehead atoms. The lowest BCUT2D eigenvalue weighted by Crippen LogP contribution is -2.11. The van der Waals surface area contributed by atoms with Crippen molar-refractivity contribution in [2.75, 3.05) is 5.32 Å². The molecule has 1 aromatic heterocycles. The molecule has 3 aromatic carbocycles. The average molecular weight is 401 g/mol. The van der Waals surface area contributed by atoms with Crippen LogP contribution in [0.4, 0.5) is 10.1 Å². The summed E-state index contributed by atoms with van der Waals surface area (Å²) in [6.45, 7) is 0. The summed E-state index contributed by atoms with van der Waals surface area (Å²) in [4.78, 5) is 16.7. The van der Waals surface area contributed by atoms with Gasteiger partial charge in [-0.05, 0) is 48.5 Å². The van der Waals surface area contributed by atoms with Gasteiger partial charge in [-0.2, -0.15) is 0 Å². The van der Waals surface area contributed by atoms with Crippen molar-refractivity contribution < 1.29 is 13.6 Å². The van der Waals surface area contributed by atoms with E-state index in [9.17, 15) is 9.18 Å². The van der Waals surface area contributed by atoms with E-state index in [4.69, 9.17) is 27.6 Å². The molecule has 0 spiro atoms. The van der Waals surface area contributed by atoms with Crippen molar-refractivity contribution in [2.45, 2.75) is 0 Å². The van der Waals surface area contributed by atoms with Crippen LogP contribution in [0.15, 0.2) is 65.1 Å². The third-order valence-electron chi connectivity index (χ3n) is 3.93. The SMILES string of the molecule is O=C(Nc1ccc2oc(-c3ccccc3F)nc2c1)c1ccc(Cl)c(Cl)c1. The van der Waals surface area contributed by atoms with Crippen LogP contribution in [0.2, 0.25) is 10.0 Å². The molecule has 4 aromatic rings. The van der Waals surface area contributed by atoms with Gasteiger partial charge in [-0.15, -0.1) is 0 Å². The van der Waals surface area contributed by atoms with Gasteiger partial charge in [0.15, 0.2) is 5.58 Å². The van der Waals surface area contributed by atoms with Crippen LogP contribution >= 0.6 is 23.2 Å². The molecule has 27 heavy (non-hydrogen) atoms. The Hall–Kier alpha value is -2.89. The number of nitrogens with one attached hydrogen (secondary N) is 1. The van der Waals surface area contributed by atoms with E-state index >= 15 is 0 Å². The molecule has 134 valence electrons. The summed E-state index contributed by atoms with van der Waals surface area (Å²) in [6, 6.07) is 15.8. The van der Waals surface area contributed by atoms with Crippen LogP contribution in [0.1, 0.15) is 10.4 Å². The fraction of sp³-hybridized carbons (Fsp3) is 0. The number of aromatic nitrogens is 1. The Morgan fingerprint density at radius 1 is 1.00 bits per heavy atom. The van der Waals surface area contributed by atoms with Gasteiger partial charge in [0.05, 0.1) is 15.6 Å². The highest BCUT2D eigenvalue weighted by molar-refractivity contribution is 6.42. The minimum Gasteiger partial charge on any atom is -0.436 e. The summed E-state index contributed by atoms with van der Waals surface area (Å²) < 4.78 is 19.5. The molecule has 1 heterocycles. The molecule has 0 atom stereocenters. The van der Waals surface area contributed by atoms with E-state index < -0.39 is 5.82 Å². The predicted molar refractivity (Wildman–Crippen MR) is 104 cm³/mol. The maximum Gasteiger partial charge on any atom is 0.255 e. The van der Waals surface area contributed by atoms with Gasteiger partial charge in [0.25, 0.3) is 5.91 Å². The van der Waals surface area contributed by atoms with E-state index in [0.29, 0.717) is 32.4 Å². The van der Waals surface area contributed by atoms with Crippen LogP contribution in [0.25, 0.3) is 22.6 Å². The van der Waals surface area contributed by atoms with Crippen LogP contribution < -0.4 is 5.32 Å². The zero-order valence-corrected chi connectivity index (χ0v) is 15.2. The number of rotatable bonds is 3. The molecular formula is C20H11Cl2FN2O2. The quantitative estimate of drug-likeness (QED) is 0.445. The van der Waals surface area contributed by atoms with Crippen LogP contribution in [0, 0.1) is 5.82 Å². The number of nitrogens with zero attached hydrogens (tertiary/aromatic N) is 1. The summed E-state index contributed by atoms with van der Waals surface area (Å²) >= 11 is 11.8. The molecule has 1 N–H and O–H groups in total. The first-order valence-electron chi connectivity index (χ1n) is 7.93. The fourth-order valence-corrected chi connectivity index (χ4v) is 2.89. The molecule has 1 amide bonds. The van der Waals surface area contributed by atoms with Crippen LogP contribution in [-0.4, -0.2) is 10.9 Å². The molecule has 4 nitrogen and oxygen atoms in total. The highest BCUT2D eigenvalue weighted by Crippen LogP contribution is 2.28. The second kappa shape index (κ2) is 7.02. The molecule has 7 heteroatoms. The standard InChI is InChI=1S/C20H11Cl2FN2O2/c21-14-7-5-11(9-15(14)22)19(26)24-12-6-8-18-17(10-12)25-20(27-18)13-3-1-2-4-16(13)23/h1-10H,(H,24,26). The topological polar surface area (TPSA) is 55.1 Å². The van der Waals surface area contributed by atoms with E-state index in [1.54, 1.807) is 48.5 Å². The molecule has 0 unspecified atom stereocenters. The van der Waals surface area contributed by atoms with Gasteiger partial charge in [-0.1, -0.05) is 35.3 Å². The van der Waals surface area contributed by atoms with Crippen molar-refractivity contribution >= 4 is 45.9 Å². The van der Waals surface area contributed by atoms with E-state index in [2.05, 4.69) is 10.3 Å². The second-order valence-corrected chi connectivity index (χ2v) is 6.58. The van der Waals surface area contributed by atoms with Gasteiger partial charge in [0, 0.05) is 11.3 Å². The third-order valence-corrected chi connectivity index (χ3v) is 4.67.